The number of allylic oxidation sites excluding steroid dienone is 1. The molecule has 3 aromatic rings. The lowest BCUT2D eigenvalue weighted by Gasteiger charge is -2.26. The molecule has 2 aromatic heterocycles. The molecule has 7 nitrogen and oxygen atoms in total. The Bertz CT molecular complexity index is 1010. The van der Waals surface area contributed by atoms with Gasteiger partial charge in [-0.05, 0) is 24.3 Å². The average molecular weight is 419 g/mol. The first-order valence-electron chi connectivity index (χ1n) is 8.87. The molecular formula is C19H19ClN4O3S. The molecule has 0 spiro atoms. The molecule has 0 atom stereocenters. The van der Waals surface area contributed by atoms with Crippen molar-refractivity contribution in [3.05, 3.63) is 41.9 Å². The van der Waals surface area contributed by atoms with Gasteiger partial charge in [-0.3, -0.25) is 9.36 Å². The zero-order chi connectivity index (χ0) is 19.5. The number of thioether (sulfide) groups is 1. The first-order valence-corrected chi connectivity index (χ1v) is 10.2. The summed E-state index contributed by atoms with van der Waals surface area (Å²) in [6, 6.07) is 7.34. The third-order valence-corrected chi connectivity index (χ3v) is 5.60. The van der Waals surface area contributed by atoms with Crippen molar-refractivity contribution in [3.63, 3.8) is 0 Å². The Labute approximate surface area is 171 Å². The monoisotopic (exact) mass is 418 g/mol. The van der Waals surface area contributed by atoms with Gasteiger partial charge < -0.3 is 14.1 Å². The SMILES string of the molecule is C=CCn1c(SCC(=O)N2CCOCC2)nnc1-c1cc2cc(Cl)ccc2o1. The van der Waals surface area contributed by atoms with Crippen molar-refractivity contribution in [2.24, 2.45) is 0 Å². The molecule has 0 radical (unpaired) electrons. The van der Waals surface area contributed by atoms with Gasteiger partial charge in [0.1, 0.15) is 5.58 Å². The van der Waals surface area contributed by atoms with E-state index in [9.17, 15) is 4.79 Å². The molecule has 1 saturated heterocycles. The molecule has 3 heterocycles. The standard InChI is InChI=1S/C19H19ClN4O3S/c1-2-5-24-18(16-11-13-10-14(20)3-4-15(13)27-16)21-22-19(24)28-12-17(25)23-6-8-26-9-7-23/h2-4,10-11H,1,5-9,12H2. The van der Waals surface area contributed by atoms with Gasteiger partial charge in [0.05, 0.1) is 19.0 Å². The highest BCUT2D eigenvalue weighted by atomic mass is 35.5. The van der Waals surface area contributed by atoms with E-state index in [1.54, 1.807) is 12.1 Å². The number of halogens is 1. The quantitative estimate of drug-likeness (QED) is 0.450. The zero-order valence-corrected chi connectivity index (χ0v) is 16.7. The molecule has 0 unspecified atom stereocenters. The van der Waals surface area contributed by atoms with Crippen LogP contribution in [0.2, 0.25) is 5.02 Å². The van der Waals surface area contributed by atoms with Crippen LogP contribution in [-0.2, 0) is 16.1 Å². The number of amides is 1. The minimum absolute atomic E-state index is 0.0707. The number of hydrogen-bond donors (Lipinski definition) is 0. The molecule has 0 saturated carbocycles. The van der Waals surface area contributed by atoms with Crippen LogP contribution >= 0.6 is 23.4 Å². The number of morpholine rings is 1. The zero-order valence-electron chi connectivity index (χ0n) is 15.1. The third kappa shape index (κ3) is 3.94. The summed E-state index contributed by atoms with van der Waals surface area (Å²) in [6.45, 7) is 6.75. The van der Waals surface area contributed by atoms with Gasteiger partial charge in [0.15, 0.2) is 10.9 Å². The normalized spacial score (nSPS) is 14.5. The van der Waals surface area contributed by atoms with Crippen LogP contribution in [0, 0.1) is 0 Å². The second kappa shape index (κ2) is 8.38. The fraction of sp³-hybridized carbons (Fsp3) is 0.316. The Balaban J connectivity index is 1.56. The number of hydrogen-bond acceptors (Lipinski definition) is 6. The predicted octanol–water partition coefficient (Wildman–Crippen LogP) is 3.48. The van der Waals surface area contributed by atoms with Crippen LogP contribution in [-0.4, -0.2) is 57.6 Å². The van der Waals surface area contributed by atoms with Crippen molar-refractivity contribution in [2.45, 2.75) is 11.7 Å². The first kappa shape index (κ1) is 19.0. The summed E-state index contributed by atoms with van der Waals surface area (Å²) in [5, 5.41) is 10.7. The summed E-state index contributed by atoms with van der Waals surface area (Å²) in [5.41, 5.74) is 0.726. The molecule has 4 rings (SSSR count). The van der Waals surface area contributed by atoms with Crippen molar-refractivity contribution in [1.29, 1.82) is 0 Å². The average Bonchev–Trinajstić information content (AvgIpc) is 3.30. The second-order valence-corrected chi connectivity index (χ2v) is 7.66. The van der Waals surface area contributed by atoms with E-state index in [4.69, 9.17) is 20.8 Å². The molecule has 28 heavy (non-hydrogen) atoms. The molecular weight excluding hydrogens is 400 g/mol. The number of benzene rings is 1. The Kier molecular flexibility index (Phi) is 5.70. The van der Waals surface area contributed by atoms with Gasteiger partial charge in [-0.2, -0.15) is 0 Å². The van der Waals surface area contributed by atoms with Crippen molar-refractivity contribution < 1.29 is 13.9 Å². The molecule has 0 aliphatic carbocycles. The summed E-state index contributed by atoms with van der Waals surface area (Å²) in [5.74, 6) is 1.55. The number of carbonyl (C=O) groups excluding carboxylic acids is 1. The van der Waals surface area contributed by atoms with Crippen molar-refractivity contribution in [2.75, 3.05) is 32.1 Å². The van der Waals surface area contributed by atoms with Crippen molar-refractivity contribution in [1.82, 2.24) is 19.7 Å². The Morgan fingerprint density at radius 1 is 1.29 bits per heavy atom. The lowest BCUT2D eigenvalue weighted by atomic mass is 10.2. The number of aromatic nitrogens is 3. The van der Waals surface area contributed by atoms with E-state index >= 15 is 0 Å². The molecule has 1 aromatic carbocycles. The molecule has 0 bridgehead atoms. The van der Waals surface area contributed by atoms with E-state index in [1.165, 1.54) is 11.8 Å². The van der Waals surface area contributed by atoms with Gasteiger partial charge in [0.2, 0.25) is 11.7 Å². The first-order chi connectivity index (χ1) is 13.7. The molecule has 1 aliphatic rings. The van der Waals surface area contributed by atoms with Crippen LogP contribution in [0.1, 0.15) is 0 Å². The van der Waals surface area contributed by atoms with E-state index in [0.717, 1.165) is 11.0 Å². The third-order valence-electron chi connectivity index (χ3n) is 4.42. The molecule has 1 aliphatic heterocycles. The van der Waals surface area contributed by atoms with Gasteiger partial charge in [0.25, 0.3) is 0 Å². The maximum Gasteiger partial charge on any atom is 0.233 e. The van der Waals surface area contributed by atoms with Gasteiger partial charge in [0, 0.05) is 30.0 Å². The highest BCUT2D eigenvalue weighted by Gasteiger charge is 2.21. The molecule has 9 heteroatoms. The Hall–Kier alpha value is -2.29. The summed E-state index contributed by atoms with van der Waals surface area (Å²) >= 11 is 7.42. The van der Waals surface area contributed by atoms with Crippen LogP contribution in [0.15, 0.2) is 46.5 Å². The largest absolute Gasteiger partial charge is 0.453 e. The summed E-state index contributed by atoms with van der Waals surface area (Å²) in [4.78, 5) is 14.2. The molecule has 0 N–H and O–H groups in total. The van der Waals surface area contributed by atoms with Crippen LogP contribution in [0.4, 0.5) is 0 Å². The number of nitrogens with zero attached hydrogens (tertiary/aromatic N) is 4. The Morgan fingerprint density at radius 3 is 2.89 bits per heavy atom. The van der Waals surface area contributed by atoms with Crippen LogP contribution in [0.25, 0.3) is 22.6 Å². The van der Waals surface area contributed by atoms with E-state index in [1.807, 2.05) is 27.7 Å². The number of carbonyl (C=O) groups is 1. The molecule has 1 amide bonds. The Morgan fingerprint density at radius 2 is 2.11 bits per heavy atom. The minimum Gasteiger partial charge on any atom is -0.453 e. The number of ether oxygens (including phenoxy) is 1. The van der Waals surface area contributed by atoms with Gasteiger partial charge in [-0.25, -0.2) is 0 Å². The number of furan rings is 1. The lowest BCUT2D eigenvalue weighted by Crippen LogP contribution is -2.41. The maximum atomic E-state index is 12.4. The number of rotatable bonds is 6. The fourth-order valence-corrected chi connectivity index (χ4v) is 4.06. The second-order valence-electron chi connectivity index (χ2n) is 6.28. The van der Waals surface area contributed by atoms with E-state index in [2.05, 4.69) is 16.8 Å². The van der Waals surface area contributed by atoms with Crippen LogP contribution < -0.4 is 0 Å². The van der Waals surface area contributed by atoms with E-state index < -0.39 is 0 Å². The van der Waals surface area contributed by atoms with E-state index in [0.29, 0.717) is 60.4 Å². The lowest BCUT2D eigenvalue weighted by molar-refractivity contribution is -0.132. The van der Waals surface area contributed by atoms with Crippen LogP contribution in [0.5, 0.6) is 0 Å². The summed E-state index contributed by atoms with van der Waals surface area (Å²) in [6.07, 6.45) is 1.76. The number of fused-ring (bicyclic) bond motifs is 1. The van der Waals surface area contributed by atoms with Crippen LogP contribution in [0.3, 0.4) is 0 Å². The molecule has 1 fully saturated rings. The van der Waals surface area contributed by atoms with Gasteiger partial charge >= 0.3 is 0 Å². The highest BCUT2D eigenvalue weighted by molar-refractivity contribution is 7.99. The molecule has 146 valence electrons. The van der Waals surface area contributed by atoms with E-state index in [-0.39, 0.29) is 5.91 Å². The predicted molar refractivity (Wildman–Crippen MR) is 109 cm³/mol. The fourth-order valence-electron chi connectivity index (χ4n) is 3.03. The topological polar surface area (TPSA) is 73.4 Å². The smallest absolute Gasteiger partial charge is 0.233 e. The maximum absolute atomic E-state index is 12.4. The summed E-state index contributed by atoms with van der Waals surface area (Å²) < 4.78 is 13.1. The minimum atomic E-state index is 0.0707. The summed E-state index contributed by atoms with van der Waals surface area (Å²) in [7, 11) is 0. The van der Waals surface area contributed by atoms with Gasteiger partial charge in [-0.15, -0.1) is 16.8 Å². The van der Waals surface area contributed by atoms with Crippen molar-refractivity contribution >= 4 is 40.2 Å². The van der Waals surface area contributed by atoms with Crippen molar-refractivity contribution in [3.8, 4) is 11.6 Å². The highest BCUT2D eigenvalue weighted by Crippen LogP contribution is 2.30. The van der Waals surface area contributed by atoms with Gasteiger partial charge in [-0.1, -0.05) is 29.4 Å².